The predicted octanol–water partition coefficient (Wildman–Crippen LogP) is 2.22. The monoisotopic (exact) mass is 328 g/mol. The summed E-state index contributed by atoms with van der Waals surface area (Å²) in [6, 6.07) is 11.2. The summed E-state index contributed by atoms with van der Waals surface area (Å²) in [4.78, 5) is 25.2. The Morgan fingerprint density at radius 1 is 1.21 bits per heavy atom. The van der Waals surface area contributed by atoms with E-state index >= 15 is 0 Å². The number of nitrogens with one attached hydrogen (secondary N) is 1. The van der Waals surface area contributed by atoms with Crippen LogP contribution in [0.1, 0.15) is 11.3 Å². The maximum absolute atomic E-state index is 11.7. The lowest BCUT2D eigenvalue weighted by molar-refractivity contribution is -0.143. The van der Waals surface area contributed by atoms with Crippen LogP contribution in [0.25, 0.3) is 6.08 Å². The van der Waals surface area contributed by atoms with Gasteiger partial charge >= 0.3 is 5.97 Å². The maximum Gasteiger partial charge on any atom is 0.331 e. The number of ether oxygens (including phenoxy) is 1. The lowest BCUT2D eigenvalue weighted by Crippen LogP contribution is -2.28. The fourth-order valence-electron chi connectivity index (χ4n) is 1.88. The number of rotatable bonds is 7. The second-order valence-corrected chi connectivity index (χ2v) is 5.29. The van der Waals surface area contributed by atoms with Gasteiger partial charge in [0.2, 0.25) is 0 Å². The number of carbonyl (C=O) groups excluding carboxylic acids is 2. The molecule has 0 fully saturated rings. The molecule has 0 radical (unpaired) electrons. The fourth-order valence-corrected chi connectivity index (χ4v) is 1.88. The van der Waals surface area contributed by atoms with Gasteiger partial charge in [-0.25, -0.2) is 4.79 Å². The maximum atomic E-state index is 11.7. The van der Waals surface area contributed by atoms with E-state index in [0.717, 1.165) is 11.3 Å². The molecule has 0 bridgehead atoms. The van der Waals surface area contributed by atoms with Crippen LogP contribution in [-0.4, -0.2) is 32.6 Å². The second-order valence-electron chi connectivity index (χ2n) is 5.29. The van der Waals surface area contributed by atoms with Crippen molar-refractivity contribution in [2.75, 3.05) is 25.6 Å². The molecule has 6 nitrogen and oxygen atoms in total. The van der Waals surface area contributed by atoms with Crippen LogP contribution in [0.15, 0.2) is 53.2 Å². The molecule has 1 heterocycles. The van der Waals surface area contributed by atoms with Crippen LogP contribution in [0.3, 0.4) is 0 Å². The van der Waals surface area contributed by atoms with E-state index in [0.29, 0.717) is 12.3 Å². The third kappa shape index (κ3) is 5.64. The number of anilines is 1. The lowest BCUT2D eigenvalue weighted by atomic mass is 10.2. The lowest BCUT2D eigenvalue weighted by Gasteiger charge is -2.12. The SMILES string of the molecule is CN(C)c1ccc(CNC(=O)COC(=O)/C=C/c2ccco2)cc1. The Morgan fingerprint density at radius 2 is 1.96 bits per heavy atom. The van der Waals surface area contributed by atoms with Gasteiger partial charge in [-0.3, -0.25) is 4.79 Å². The molecule has 0 saturated heterocycles. The van der Waals surface area contributed by atoms with Crippen molar-refractivity contribution in [1.82, 2.24) is 5.32 Å². The molecular weight excluding hydrogens is 308 g/mol. The first-order valence-electron chi connectivity index (χ1n) is 7.46. The molecule has 2 aromatic rings. The van der Waals surface area contributed by atoms with E-state index in [1.807, 2.05) is 43.3 Å². The molecule has 1 aromatic carbocycles. The summed E-state index contributed by atoms with van der Waals surface area (Å²) in [7, 11) is 3.93. The summed E-state index contributed by atoms with van der Waals surface area (Å²) >= 11 is 0. The Kier molecular flexibility index (Phi) is 6.19. The number of carbonyl (C=O) groups is 2. The van der Waals surface area contributed by atoms with Gasteiger partial charge in [-0.05, 0) is 35.9 Å². The zero-order valence-electron chi connectivity index (χ0n) is 13.7. The summed E-state index contributed by atoms with van der Waals surface area (Å²) in [6.45, 7) is 0.0590. The van der Waals surface area contributed by atoms with E-state index < -0.39 is 5.97 Å². The van der Waals surface area contributed by atoms with Gasteiger partial charge < -0.3 is 19.4 Å². The minimum Gasteiger partial charge on any atom is -0.465 e. The van der Waals surface area contributed by atoms with E-state index in [1.165, 1.54) is 18.4 Å². The van der Waals surface area contributed by atoms with Crippen molar-refractivity contribution in [1.29, 1.82) is 0 Å². The molecule has 6 heteroatoms. The molecule has 126 valence electrons. The van der Waals surface area contributed by atoms with Gasteiger partial charge in [-0.2, -0.15) is 0 Å². The number of benzene rings is 1. The molecule has 1 aromatic heterocycles. The number of hydrogen-bond acceptors (Lipinski definition) is 5. The first-order valence-corrected chi connectivity index (χ1v) is 7.46. The summed E-state index contributed by atoms with van der Waals surface area (Å²) < 4.78 is 9.90. The summed E-state index contributed by atoms with van der Waals surface area (Å²) in [5, 5.41) is 2.70. The smallest absolute Gasteiger partial charge is 0.331 e. The topological polar surface area (TPSA) is 71.8 Å². The number of nitrogens with zero attached hydrogens (tertiary/aromatic N) is 1. The number of furan rings is 1. The van der Waals surface area contributed by atoms with E-state index in [2.05, 4.69) is 5.32 Å². The van der Waals surface area contributed by atoms with Crippen LogP contribution >= 0.6 is 0 Å². The second kappa shape index (κ2) is 8.57. The van der Waals surface area contributed by atoms with Gasteiger partial charge in [0.15, 0.2) is 6.61 Å². The first-order chi connectivity index (χ1) is 11.5. The molecule has 0 unspecified atom stereocenters. The fraction of sp³-hybridized carbons (Fsp3) is 0.222. The van der Waals surface area contributed by atoms with Crippen LogP contribution in [0.5, 0.6) is 0 Å². The summed E-state index contributed by atoms with van der Waals surface area (Å²) in [6.07, 6.45) is 4.20. The van der Waals surface area contributed by atoms with E-state index in [4.69, 9.17) is 9.15 Å². The van der Waals surface area contributed by atoms with Crippen LogP contribution in [0, 0.1) is 0 Å². The molecule has 0 atom stereocenters. The van der Waals surface area contributed by atoms with Gasteiger partial charge in [-0.1, -0.05) is 12.1 Å². The zero-order valence-corrected chi connectivity index (χ0v) is 13.7. The highest BCUT2D eigenvalue weighted by Crippen LogP contribution is 2.11. The highest BCUT2D eigenvalue weighted by atomic mass is 16.5. The van der Waals surface area contributed by atoms with Gasteiger partial charge in [-0.15, -0.1) is 0 Å². The van der Waals surface area contributed by atoms with Crippen molar-refractivity contribution in [3.05, 3.63) is 60.1 Å². The standard InChI is InChI=1S/C18H20N2O4/c1-20(2)15-7-5-14(6-8-15)12-19-17(21)13-24-18(22)10-9-16-4-3-11-23-16/h3-11H,12-13H2,1-2H3,(H,19,21)/b10-9+. The molecule has 0 saturated carbocycles. The van der Waals surface area contributed by atoms with Gasteiger partial charge in [0.05, 0.1) is 6.26 Å². The number of esters is 1. The van der Waals surface area contributed by atoms with Crippen molar-refractivity contribution in [2.24, 2.45) is 0 Å². The van der Waals surface area contributed by atoms with Crippen LogP contribution < -0.4 is 10.2 Å². The number of amides is 1. The zero-order chi connectivity index (χ0) is 17.4. The molecule has 0 aliphatic carbocycles. The van der Waals surface area contributed by atoms with Gasteiger partial charge in [0.25, 0.3) is 5.91 Å². The molecule has 2 rings (SSSR count). The molecule has 0 spiro atoms. The summed E-state index contributed by atoms with van der Waals surface area (Å²) in [5.41, 5.74) is 2.06. The third-order valence-electron chi connectivity index (χ3n) is 3.21. The minimum absolute atomic E-state index is 0.322. The first kappa shape index (κ1) is 17.3. The highest BCUT2D eigenvalue weighted by Gasteiger charge is 2.05. The largest absolute Gasteiger partial charge is 0.465 e. The van der Waals surface area contributed by atoms with Crippen LogP contribution in [0.2, 0.25) is 0 Å². The van der Waals surface area contributed by atoms with Crippen molar-refractivity contribution in [3.63, 3.8) is 0 Å². The number of hydrogen-bond donors (Lipinski definition) is 1. The Balaban J connectivity index is 1.70. The van der Waals surface area contributed by atoms with Crippen molar-refractivity contribution in [3.8, 4) is 0 Å². The molecular formula is C18H20N2O4. The Bertz CT molecular complexity index is 688. The quantitative estimate of drug-likeness (QED) is 0.623. The minimum atomic E-state index is -0.600. The normalized spacial score (nSPS) is 10.6. The van der Waals surface area contributed by atoms with Gasteiger partial charge in [0, 0.05) is 32.4 Å². The van der Waals surface area contributed by atoms with E-state index in [1.54, 1.807) is 12.1 Å². The van der Waals surface area contributed by atoms with E-state index in [-0.39, 0.29) is 12.5 Å². The third-order valence-corrected chi connectivity index (χ3v) is 3.21. The molecule has 0 aliphatic heterocycles. The van der Waals surface area contributed by atoms with Crippen molar-refractivity contribution in [2.45, 2.75) is 6.54 Å². The van der Waals surface area contributed by atoms with Crippen molar-refractivity contribution >= 4 is 23.6 Å². The molecule has 24 heavy (non-hydrogen) atoms. The average molecular weight is 328 g/mol. The Morgan fingerprint density at radius 3 is 2.58 bits per heavy atom. The van der Waals surface area contributed by atoms with E-state index in [9.17, 15) is 9.59 Å². The molecule has 0 aliphatic rings. The Hall–Kier alpha value is -3.02. The molecule has 1 N–H and O–H groups in total. The average Bonchev–Trinajstić information content (AvgIpc) is 3.10. The summed E-state index contributed by atoms with van der Waals surface area (Å²) in [5.74, 6) is -0.416. The highest BCUT2D eigenvalue weighted by molar-refractivity contribution is 5.88. The van der Waals surface area contributed by atoms with Crippen LogP contribution in [0.4, 0.5) is 5.69 Å². The van der Waals surface area contributed by atoms with Crippen molar-refractivity contribution < 1.29 is 18.7 Å². The molecule has 1 amide bonds. The Labute approximate surface area is 140 Å². The van der Waals surface area contributed by atoms with Gasteiger partial charge in [0.1, 0.15) is 5.76 Å². The van der Waals surface area contributed by atoms with Crippen LogP contribution in [-0.2, 0) is 20.9 Å². The predicted molar refractivity (Wildman–Crippen MR) is 91.3 cm³/mol.